The first-order chi connectivity index (χ1) is 8.47. The average molecular weight is 282 g/mol. The lowest BCUT2D eigenvalue weighted by Crippen LogP contribution is -2.04. The standard InChI is InChI=1S/C13H16ClN3S/c1-7-5-11(18-10(7)4)6-15-13-12(14)16-8(2)9(3)17-13/h5H,6H2,1-4H3,(H,15,17). The summed E-state index contributed by atoms with van der Waals surface area (Å²) in [7, 11) is 0. The quantitative estimate of drug-likeness (QED) is 0.923. The molecule has 0 fully saturated rings. The zero-order valence-corrected chi connectivity index (χ0v) is 12.5. The maximum Gasteiger partial charge on any atom is 0.171 e. The minimum Gasteiger partial charge on any atom is -0.363 e. The predicted molar refractivity (Wildman–Crippen MR) is 77.6 cm³/mol. The summed E-state index contributed by atoms with van der Waals surface area (Å²) < 4.78 is 0. The SMILES string of the molecule is Cc1cc(CNc2nc(C)c(C)nc2Cl)sc1C. The van der Waals surface area contributed by atoms with E-state index < -0.39 is 0 Å². The van der Waals surface area contributed by atoms with E-state index in [2.05, 4.69) is 35.2 Å². The van der Waals surface area contributed by atoms with Gasteiger partial charge in [-0.3, -0.25) is 0 Å². The van der Waals surface area contributed by atoms with E-state index >= 15 is 0 Å². The summed E-state index contributed by atoms with van der Waals surface area (Å²) in [6, 6.07) is 2.19. The first-order valence-corrected chi connectivity index (χ1v) is 6.97. The predicted octanol–water partition coefficient (Wildman–Crippen LogP) is 4.04. The van der Waals surface area contributed by atoms with Gasteiger partial charge in [0.1, 0.15) is 0 Å². The van der Waals surface area contributed by atoms with Crippen LogP contribution in [-0.4, -0.2) is 9.97 Å². The first kappa shape index (κ1) is 13.3. The fraction of sp³-hybridized carbons (Fsp3) is 0.385. The summed E-state index contributed by atoms with van der Waals surface area (Å²) in [6.45, 7) is 8.83. The molecule has 1 N–H and O–H groups in total. The molecule has 0 spiro atoms. The van der Waals surface area contributed by atoms with Crippen molar-refractivity contribution >= 4 is 28.8 Å². The van der Waals surface area contributed by atoms with Gasteiger partial charge in [0.2, 0.25) is 0 Å². The second-order valence-electron chi connectivity index (χ2n) is 4.34. The van der Waals surface area contributed by atoms with Gasteiger partial charge in [-0.2, -0.15) is 0 Å². The minimum absolute atomic E-state index is 0.433. The Balaban J connectivity index is 2.13. The third-order valence-electron chi connectivity index (χ3n) is 2.91. The molecule has 0 aliphatic carbocycles. The number of hydrogen-bond donors (Lipinski definition) is 1. The van der Waals surface area contributed by atoms with Gasteiger partial charge in [-0.05, 0) is 39.3 Å². The first-order valence-electron chi connectivity index (χ1n) is 5.78. The Morgan fingerprint density at radius 1 is 1.17 bits per heavy atom. The smallest absolute Gasteiger partial charge is 0.171 e. The van der Waals surface area contributed by atoms with Crippen LogP contribution in [0.3, 0.4) is 0 Å². The van der Waals surface area contributed by atoms with Gasteiger partial charge < -0.3 is 5.32 Å². The Morgan fingerprint density at radius 2 is 1.83 bits per heavy atom. The minimum atomic E-state index is 0.433. The largest absolute Gasteiger partial charge is 0.363 e. The van der Waals surface area contributed by atoms with E-state index in [0.29, 0.717) is 11.0 Å². The molecular weight excluding hydrogens is 266 g/mol. The number of halogens is 1. The number of rotatable bonds is 3. The Hall–Kier alpha value is -1.13. The Bertz CT molecular complexity index is 558. The molecule has 0 saturated heterocycles. The van der Waals surface area contributed by atoms with Gasteiger partial charge in [0.15, 0.2) is 11.0 Å². The van der Waals surface area contributed by atoms with Gasteiger partial charge >= 0.3 is 0 Å². The Kier molecular flexibility index (Phi) is 3.88. The molecule has 0 saturated carbocycles. The van der Waals surface area contributed by atoms with Crippen molar-refractivity contribution in [3.05, 3.63) is 37.9 Å². The molecule has 2 heterocycles. The van der Waals surface area contributed by atoms with E-state index in [4.69, 9.17) is 11.6 Å². The van der Waals surface area contributed by atoms with Crippen molar-refractivity contribution in [3.63, 3.8) is 0 Å². The molecule has 5 heteroatoms. The van der Waals surface area contributed by atoms with Crippen LogP contribution in [0.5, 0.6) is 0 Å². The molecule has 0 atom stereocenters. The van der Waals surface area contributed by atoms with Crippen LogP contribution >= 0.6 is 22.9 Å². The van der Waals surface area contributed by atoms with E-state index in [1.165, 1.54) is 15.3 Å². The number of aromatic nitrogens is 2. The van der Waals surface area contributed by atoms with Crippen molar-refractivity contribution in [1.29, 1.82) is 0 Å². The number of anilines is 1. The summed E-state index contributed by atoms with van der Waals surface area (Å²) in [4.78, 5) is 11.3. The van der Waals surface area contributed by atoms with E-state index in [0.717, 1.165) is 17.9 Å². The second-order valence-corrected chi connectivity index (χ2v) is 6.04. The zero-order chi connectivity index (χ0) is 13.3. The molecule has 0 bridgehead atoms. The van der Waals surface area contributed by atoms with Crippen molar-refractivity contribution in [2.45, 2.75) is 34.2 Å². The molecular formula is C13H16ClN3S. The van der Waals surface area contributed by atoms with Gasteiger partial charge in [-0.1, -0.05) is 11.6 Å². The van der Waals surface area contributed by atoms with Crippen LogP contribution in [0, 0.1) is 27.7 Å². The summed E-state index contributed by atoms with van der Waals surface area (Å²) >= 11 is 7.86. The number of nitrogens with one attached hydrogen (secondary N) is 1. The molecule has 0 amide bonds. The fourth-order valence-electron chi connectivity index (χ4n) is 1.60. The average Bonchev–Trinajstić information content (AvgIpc) is 2.62. The lowest BCUT2D eigenvalue weighted by molar-refractivity contribution is 1.02. The number of aryl methyl sites for hydroxylation is 4. The highest BCUT2D eigenvalue weighted by molar-refractivity contribution is 7.12. The highest BCUT2D eigenvalue weighted by atomic mass is 35.5. The molecule has 0 radical (unpaired) electrons. The van der Waals surface area contributed by atoms with Crippen molar-refractivity contribution in [1.82, 2.24) is 9.97 Å². The Labute approximate surface area is 116 Å². The molecule has 0 aromatic carbocycles. The molecule has 0 aliphatic rings. The van der Waals surface area contributed by atoms with Gasteiger partial charge in [-0.15, -0.1) is 11.3 Å². The van der Waals surface area contributed by atoms with Gasteiger partial charge in [0.05, 0.1) is 17.9 Å². The van der Waals surface area contributed by atoms with Crippen molar-refractivity contribution < 1.29 is 0 Å². The maximum absolute atomic E-state index is 6.07. The highest BCUT2D eigenvalue weighted by Crippen LogP contribution is 2.23. The lowest BCUT2D eigenvalue weighted by Gasteiger charge is -2.08. The van der Waals surface area contributed by atoms with E-state index in [-0.39, 0.29) is 0 Å². The summed E-state index contributed by atoms with van der Waals surface area (Å²) in [5.41, 5.74) is 3.10. The third kappa shape index (κ3) is 2.82. The molecule has 2 aromatic heterocycles. The second kappa shape index (κ2) is 5.24. The van der Waals surface area contributed by atoms with Crippen LogP contribution in [-0.2, 0) is 6.54 Å². The normalized spacial score (nSPS) is 10.7. The number of thiophene rings is 1. The van der Waals surface area contributed by atoms with Crippen molar-refractivity contribution in [2.75, 3.05) is 5.32 Å². The van der Waals surface area contributed by atoms with Crippen LogP contribution in [0.1, 0.15) is 26.7 Å². The van der Waals surface area contributed by atoms with E-state index in [1.54, 1.807) is 11.3 Å². The van der Waals surface area contributed by atoms with Crippen LogP contribution in [0.2, 0.25) is 5.15 Å². The molecule has 2 rings (SSSR count). The Morgan fingerprint density at radius 3 is 2.44 bits per heavy atom. The highest BCUT2D eigenvalue weighted by Gasteiger charge is 2.08. The molecule has 0 unspecified atom stereocenters. The van der Waals surface area contributed by atoms with Crippen molar-refractivity contribution in [2.24, 2.45) is 0 Å². The summed E-state index contributed by atoms with van der Waals surface area (Å²) in [5, 5.41) is 3.68. The molecule has 2 aromatic rings. The van der Waals surface area contributed by atoms with Crippen LogP contribution in [0.4, 0.5) is 5.82 Å². The monoisotopic (exact) mass is 281 g/mol. The lowest BCUT2D eigenvalue weighted by atomic mass is 10.3. The topological polar surface area (TPSA) is 37.8 Å². The fourth-order valence-corrected chi connectivity index (χ4v) is 2.83. The van der Waals surface area contributed by atoms with E-state index in [9.17, 15) is 0 Å². The molecule has 3 nitrogen and oxygen atoms in total. The van der Waals surface area contributed by atoms with Crippen molar-refractivity contribution in [3.8, 4) is 0 Å². The van der Waals surface area contributed by atoms with Crippen LogP contribution in [0.15, 0.2) is 6.07 Å². The summed E-state index contributed by atoms with van der Waals surface area (Å²) in [5.74, 6) is 0.656. The molecule has 18 heavy (non-hydrogen) atoms. The maximum atomic E-state index is 6.07. The van der Waals surface area contributed by atoms with Crippen LogP contribution < -0.4 is 5.32 Å². The molecule has 0 aliphatic heterocycles. The van der Waals surface area contributed by atoms with Gasteiger partial charge in [0, 0.05) is 9.75 Å². The third-order valence-corrected chi connectivity index (χ3v) is 4.33. The molecule has 96 valence electrons. The van der Waals surface area contributed by atoms with Crippen LogP contribution in [0.25, 0.3) is 0 Å². The zero-order valence-electron chi connectivity index (χ0n) is 11.0. The van der Waals surface area contributed by atoms with Gasteiger partial charge in [-0.25, -0.2) is 9.97 Å². The van der Waals surface area contributed by atoms with Gasteiger partial charge in [0.25, 0.3) is 0 Å². The summed E-state index contributed by atoms with van der Waals surface area (Å²) in [6.07, 6.45) is 0. The number of nitrogens with zero attached hydrogens (tertiary/aromatic N) is 2. The number of hydrogen-bond acceptors (Lipinski definition) is 4. The van der Waals surface area contributed by atoms with E-state index in [1.807, 2.05) is 13.8 Å².